The molecule has 4 heterocycles. The highest BCUT2D eigenvalue weighted by molar-refractivity contribution is 9.11. The summed E-state index contributed by atoms with van der Waals surface area (Å²) >= 11 is 13.1. The summed E-state index contributed by atoms with van der Waals surface area (Å²) in [4.78, 5) is 0. The molecule has 8 nitrogen and oxygen atoms in total. The second-order valence-corrected chi connectivity index (χ2v) is 18.7. The van der Waals surface area contributed by atoms with Crippen molar-refractivity contribution in [2.75, 3.05) is 0 Å². The number of nitrogens with zero attached hydrogens (tertiary/aromatic N) is 8. The van der Waals surface area contributed by atoms with Crippen LogP contribution in [-0.2, 0) is 26.2 Å². The minimum absolute atomic E-state index is 0. The van der Waals surface area contributed by atoms with Gasteiger partial charge in [0.2, 0.25) is 0 Å². The van der Waals surface area contributed by atoms with Gasteiger partial charge in [-0.2, -0.15) is 20.4 Å². The number of halogens is 12. The predicted molar refractivity (Wildman–Crippen MR) is 223 cm³/mol. The molecule has 0 amide bonds. The van der Waals surface area contributed by atoms with Gasteiger partial charge < -0.3 is 0 Å². The molecule has 4 aromatic rings. The van der Waals surface area contributed by atoms with Gasteiger partial charge in [0.05, 0.1) is 42.7 Å². The number of alkyl halides is 8. The number of hydrogen-bond acceptors (Lipinski definition) is 4. The third-order valence-corrected chi connectivity index (χ3v) is 11.9. The van der Waals surface area contributed by atoms with Gasteiger partial charge in [0.1, 0.15) is 49.4 Å². The molecule has 0 radical (unpaired) electrons. The topological polar surface area (TPSA) is 71.3 Å². The Morgan fingerprint density at radius 1 is 0.362 bits per heavy atom. The molecule has 0 aliphatic heterocycles. The molecule has 4 saturated carbocycles. The van der Waals surface area contributed by atoms with Crippen LogP contribution < -0.4 is 0 Å². The Hall–Kier alpha value is -1.80. The highest BCUT2D eigenvalue weighted by Crippen LogP contribution is 2.34. The summed E-state index contributed by atoms with van der Waals surface area (Å²) in [6.07, 6.45) is 6.29. The molecule has 0 bridgehead atoms. The predicted octanol–water partition coefficient (Wildman–Crippen LogP) is 12.2. The van der Waals surface area contributed by atoms with Crippen LogP contribution in [0.3, 0.4) is 0 Å². The first kappa shape index (κ1) is 50.6. The zero-order valence-corrected chi connectivity index (χ0v) is 36.5. The van der Waals surface area contributed by atoms with Crippen molar-refractivity contribution in [1.29, 1.82) is 0 Å². The summed E-state index contributed by atoms with van der Waals surface area (Å²) in [5.41, 5.74) is 0. The highest BCUT2D eigenvalue weighted by atomic mass is 79.9. The molecule has 0 N–H and O–H groups in total. The Bertz CT molecular complexity index is 1470. The zero-order valence-electron chi connectivity index (χ0n) is 30.1. The zero-order chi connectivity index (χ0) is 40.5. The second kappa shape index (κ2) is 24.0. The molecule has 0 unspecified atom stereocenters. The summed E-state index contributed by atoms with van der Waals surface area (Å²) in [6, 6.07) is 0. The molecular weight excluding hydrogens is 1040 g/mol. The van der Waals surface area contributed by atoms with Gasteiger partial charge in [-0.05, 0) is 139 Å². The second-order valence-electron chi connectivity index (χ2n) is 15.0. The summed E-state index contributed by atoms with van der Waals surface area (Å²) < 4.78 is 113. The third-order valence-electron chi connectivity index (χ3n) is 10.2. The van der Waals surface area contributed by atoms with Crippen molar-refractivity contribution in [3.8, 4) is 0 Å². The lowest BCUT2D eigenvalue weighted by Gasteiger charge is -2.07. The van der Waals surface area contributed by atoms with E-state index in [0.29, 0.717) is 77.5 Å². The van der Waals surface area contributed by atoms with Crippen molar-refractivity contribution in [1.82, 2.24) is 39.1 Å². The first-order valence-corrected chi connectivity index (χ1v) is 21.6. The lowest BCUT2D eigenvalue weighted by Crippen LogP contribution is -2.08. The van der Waals surface area contributed by atoms with Crippen LogP contribution in [0.5, 0.6) is 0 Å². The van der Waals surface area contributed by atoms with Crippen molar-refractivity contribution < 1.29 is 35.1 Å². The van der Waals surface area contributed by atoms with Gasteiger partial charge in [0.15, 0.2) is 0 Å². The Morgan fingerprint density at radius 3 is 0.638 bits per heavy atom. The standard InChI is InChI=1S/4C9H11BrF2N2.2CH4/c4*10-7-3-13-14(5-7)4-6-1-8(11)9(12)2-6;;/h4*3,5-6,8-9H,1-2,4H2;2*1H4/t4*8-,9-;;/m1100../s1. The van der Waals surface area contributed by atoms with Crippen LogP contribution in [0, 0.1) is 23.7 Å². The lowest BCUT2D eigenvalue weighted by molar-refractivity contribution is 0.199. The van der Waals surface area contributed by atoms with Crippen LogP contribution in [-0.4, -0.2) is 88.5 Å². The van der Waals surface area contributed by atoms with E-state index in [1.165, 1.54) is 0 Å². The van der Waals surface area contributed by atoms with Crippen LogP contribution in [0.4, 0.5) is 35.1 Å². The van der Waals surface area contributed by atoms with Gasteiger partial charge in [0.25, 0.3) is 0 Å². The van der Waals surface area contributed by atoms with Crippen LogP contribution in [0.2, 0.25) is 0 Å². The quantitative estimate of drug-likeness (QED) is 0.165. The number of aromatic nitrogens is 8. The van der Waals surface area contributed by atoms with Gasteiger partial charge in [-0.3, -0.25) is 18.7 Å². The number of rotatable bonds is 8. The Kier molecular flexibility index (Phi) is 20.9. The summed E-state index contributed by atoms with van der Waals surface area (Å²) in [5.74, 6) is 0.303. The summed E-state index contributed by atoms with van der Waals surface area (Å²) in [5, 5.41) is 16.2. The van der Waals surface area contributed by atoms with Crippen molar-refractivity contribution in [3.05, 3.63) is 67.5 Å². The number of hydrogen-bond donors (Lipinski definition) is 0. The molecule has 58 heavy (non-hydrogen) atoms. The van der Waals surface area contributed by atoms with Gasteiger partial charge >= 0.3 is 0 Å². The van der Waals surface area contributed by atoms with Gasteiger partial charge in [-0.15, -0.1) is 0 Å². The summed E-state index contributed by atoms with van der Waals surface area (Å²) in [6.45, 7) is 2.41. The Labute approximate surface area is 368 Å². The molecular formula is C38H52Br4F8N8. The molecule has 4 aliphatic rings. The van der Waals surface area contributed by atoms with Crippen LogP contribution in [0.1, 0.15) is 66.2 Å². The first-order chi connectivity index (χ1) is 26.6. The van der Waals surface area contributed by atoms with E-state index in [-0.39, 0.29) is 38.5 Å². The molecule has 8 atom stereocenters. The van der Waals surface area contributed by atoms with E-state index in [9.17, 15) is 35.1 Å². The van der Waals surface area contributed by atoms with E-state index in [4.69, 9.17) is 0 Å². The van der Waals surface area contributed by atoms with Crippen LogP contribution in [0.15, 0.2) is 67.5 Å². The van der Waals surface area contributed by atoms with E-state index in [0.717, 1.165) is 17.9 Å². The molecule has 4 aliphatic carbocycles. The van der Waals surface area contributed by atoms with Gasteiger partial charge in [-0.25, -0.2) is 35.1 Å². The van der Waals surface area contributed by atoms with Crippen molar-refractivity contribution >= 4 is 63.7 Å². The SMILES string of the molecule is C.C.F[C@@H]1CC(Cn2cc(Br)cn2)C[C@H]1F.F[C@@H]1CC(Cn2cc(Br)cn2)C[C@H]1F.F[C@H]1CC(Cn2cc(Br)cn2)C[C@@H]1F.F[C@H]1CC(Cn2cc(Br)cn2)C[C@@H]1F. The largest absolute Gasteiger partial charge is 0.271 e. The minimum Gasteiger partial charge on any atom is -0.271 e. The smallest absolute Gasteiger partial charge is 0.131 e. The Morgan fingerprint density at radius 2 is 0.517 bits per heavy atom. The average molecular weight is 1090 g/mol. The maximum atomic E-state index is 12.9. The first-order valence-electron chi connectivity index (χ1n) is 18.4. The van der Waals surface area contributed by atoms with Crippen molar-refractivity contribution in [2.24, 2.45) is 23.7 Å². The Balaban J connectivity index is 0.000000205. The molecule has 0 spiro atoms. The van der Waals surface area contributed by atoms with Gasteiger partial charge in [-0.1, -0.05) is 14.9 Å². The van der Waals surface area contributed by atoms with E-state index in [2.05, 4.69) is 84.1 Å². The molecule has 328 valence electrons. The average Bonchev–Trinajstić information content (AvgIpc) is 4.02. The normalized spacial score (nSPS) is 27.5. The molecule has 4 aromatic heterocycles. The van der Waals surface area contributed by atoms with E-state index in [1.807, 2.05) is 24.8 Å². The van der Waals surface area contributed by atoms with Crippen molar-refractivity contribution in [2.45, 2.75) is 142 Å². The maximum Gasteiger partial charge on any atom is 0.131 e. The van der Waals surface area contributed by atoms with Crippen molar-refractivity contribution in [3.63, 3.8) is 0 Å². The minimum atomic E-state index is -1.28. The molecule has 8 rings (SSSR count). The fourth-order valence-electron chi connectivity index (χ4n) is 7.52. The third kappa shape index (κ3) is 15.9. The van der Waals surface area contributed by atoms with Gasteiger partial charge in [0, 0.05) is 51.0 Å². The lowest BCUT2D eigenvalue weighted by atomic mass is 10.1. The van der Waals surface area contributed by atoms with E-state index in [1.54, 1.807) is 43.5 Å². The molecule has 4 fully saturated rings. The fourth-order valence-corrected chi connectivity index (χ4v) is 8.83. The molecule has 0 aromatic carbocycles. The van der Waals surface area contributed by atoms with E-state index >= 15 is 0 Å². The monoisotopic (exact) mass is 1090 g/mol. The summed E-state index contributed by atoms with van der Waals surface area (Å²) in [7, 11) is 0. The van der Waals surface area contributed by atoms with E-state index < -0.39 is 49.4 Å². The maximum absolute atomic E-state index is 12.9. The van der Waals surface area contributed by atoms with Crippen LogP contribution >= 0.6 is 63.7 Å². The molecule has 20 heteroatoms. The van der Waals surface area contributed by atoms with Crippen LogP contribution in [0.25, 0.3) is 0 Å². The highest BCUT2D eigenvalue weighted by Gasteiger charge is 2.37. The fraction of sp³-hybridized carbons (Fsp3) is 0.684. The molecule has 0 saturated heterocycles.